The number of anilines is 1. The first-order valence-corrected chi connectivity index (χ1v) is 5.49. The Bertz CT molecular complexity index is 365. The maximum absolute atomic E-state index is 12.0. The van der Waals surface area contributed by atoms with Crippen molar-refractivity contribution in [3.8, 4) is 0 Å². The summed E-state index contributed by atoms with van der Waals surface area (Å²) in [6.07, 6.45) is 3.18. The smallest absolute Gasteiger partial charge is 0.248 e. The van der Waals surface area contributed by atoms with Crippen molar-refractivity contribution in [2.24, 2.45) is 0 Å². The van der Waals surface area contributed by atoms with E-state index in [-0.39, 0.29) is 12.6 Å². The maximum atomic E-state index is 12.0. The Labute approximate surface area is 101 Å². The minimum absolute atomic E-state index is 0.176. The summed E-state index contributed by atoms with van der Waals surface area (Å²) in [5.74, 6) is -0.176. The van der Waals surface area contributed by atoms with Crippen molar-refractivity contribution >= 4 is 11.6 Å². The van der Waals surface area contributed by atoms with Gasteiger partial charge >= 0.3 is 0 Å². The van der Waals surface area contributed by atoms with Crippen LogP contribution in [0.2, 0.25) is 0 Å². The molecule has 0 aliphatic rings. The molecule has 1 amide bonds. The van der Waals surface area contributed by atoms with Crippen molar-refractivity contribution in [3.63, 3.8) is 0 Å². The highest BCUT2D eigenvalue weighted by Gasteiger charge is 1.97. The number of nitrogens with one attached hydrogen (secondary N) is 1. The van der Waals surface area contributed by atoms with Crippen LogP contribution in [-0.2, 0) is 4.79 Å². The Morgan fingerprint density at radius 1 is 1.41 bits per heavy atom. The van der Waals surface area contributed by atoms with Gasteiger partial charge in [0.1, 0.15) is 6.67 Å². The van der Waals surface area contributed by atoms with Crippen LogP contribution in [0.25, 0.3) is 0 Å². The molecule has 3 nitrogen and oxygen atoms in total. The SMILES string of the molecule is CN(C/C=C/C(=O)Nc1ccccc1)CCF. The average molecular weight is 236 g/mol. The topological polar surface area (TPSA) is 32.3 Å². The monoisotopic (exact) mass is 236 g/mol. The zero-order chi connectivity index (χ0) is 12.5. The molecule has 0 saturated heterocycles. The minimum atomic E-state index is -0.374. The molecule has 1 aromatic rings. The number of benzene rings is 1. The molecule has 0 atom stereocenters. The minimum Gasteiger partial charge on any atom is -0.323 e. The summed E-state index contributed by atoms with van der Waals surface area (Å²) in [7, 11) is 1.80. The highest BCUT2D eigenvalue weighted by atomic mass is 19.1. The van der Waals surface area contributed by atoms with E-state index in [1.165, 1.54) is 6.08 Å². The van der Waals surface area contributed by atoms with Crippen LogP contribution >= 0.6 is 0 Å². The zero-order valence-electron chi connectivity index (χ0n) is 9.90. The molecule has 0 heterocycles. The Morgan fingerprint density at radius 2 is 2.12 bits per heavy atom. The number of hydrogen-bond acceptors (Lipinski definition) is 2. The standard InChI is InChI=1S/C13H17FN2O/c1-16(11-9-14)10-5-8-13(17)15-12-6-3-2-4-7-12/h2-8H,9-11H2,1H3,(H,15,17)/b8-5+. The second kappa shape index (κ2) is 7.57. The van der Waals surface area contributed by atoms with Gasteiger partial charge < -0.3 is 10.2 Å². The molecular weight excluding hydrogens is 219 g/mol. The van der Waals surface area contributed by atoms with Gasteiger partial charge in [-0.05, 0) is 19.2 Å². The molecule has 17 heavy (non-hydrogen) atoms. The van der Waals surface area contributed by atoms with Gasteiger partial charge in [-0.3, -0.25) is 4.79 Å². The molecular formula is C13H17FN2O. The number of halogens is 1. The highest BCUT2D eigenvalue weighted by molar-refractivity contribution is 5.99. The molecule has 1 N–H and O–H groups in total. The fourth-order valence-electron chi connectivity index (χ4n) is 1.28. The van der Waals surface area contributed by atoms with Gasteiger partial charge in [0.2, 0.25) is 5.91 Å². The predicted molar refractivity (Wildman–Crippen MR) is 67.7 cm³/mol. The van der Waals surface area contributed by atoms with Crippen LogP contribution in [0.1, 0.15) is 0 Å². The summed E-state index contributed by atoms with van der Waals surface area (Å²) in [6.45, 7) is 0.567. The van der Waals surface area contributed by atoms with Gasteiger partial charge in [-0.15, -0.1) is 0 Å². The largest absolute Gasteiger partial charge is 0.323 e. The van der Waals surface area contributed by atoms with Gasteiger partial charge in [0.05, 0.1) is 0 Å². The highest BCUT2D eigenvalue weighted by Crippen LogP contribution is 2.04. The number of carbonyl (C=O) groups is 1. The van der Waals surface area contributed by atoms with Crippen molar-refractivity contribution in [2.75, 3.05) is 32.1 Å². The number of para-hydroxylation sites is 1. The number of alkyl halides is 1. The van der Waals surface area contributed by atoms with E-state index in [4.69, 9.17) is 0 Å². The van der Waals surface area contributed by atoms with Crippen molar-refractivity contribution in [1.29, 1.82) is 0 Å². The third kappa shape index (κ3) is 5.82. The van der Waals surface area contributed by atoms with Crippen LogP contribution in [0, 0.1) is 0 Å². The molecule has 1 rings (SSSR count). The number of amides is 1. The normalized spacial score (nSPS) is 11.0. The van der Waals surface area contributed by atoms with Gasteiger partial charge in [-0.1, -0.05) is 24.3 Å². The fourth-order valence-corrected chi connectivity index (χ4v) is 1.28. The number of nitrogens with zero attached hydrogens (tertiary/aromatic N) is 1. The lowest BCUT2D eigenvalue weighted by Gasteiger charge is -2.10. The van der Waals surface area contributed by atoms with Gasteiger partial charge in [0.15, 0.2) is 0 Å². The molecule has 0 aromatic heterocycles. The summed E-state index contributed by atoms with van der Waals surface area (Å²) < 4.78 is 12.0. The first-order valence-electron chi connectivity index (χ1n) is 5.49. The number of likely N-dealkylation sites (N-methyl/N-ethyl adjacent to an activating group) is 1. The number of rotatable bonds is 6. The van der Waals surface area contributed by atoms with E-state index in [0.29, 0.717) is 13.1 Å². The lowest BCUT2D eigenvalue weighted by Crippen LogP contribution is -2.21. The molecule has 0 radical (unpaired) electrons. The Kier molecular flexibility index (Phi) is 5.96. The molecule has 0 spiro atoms. The Morgan fingerprint density at radius 3 is 2.76 bits per heavy atom. The molecule has 0 fully saturated rings. The molecule has 0 unspecified atom stereocenters. The number of carbonyl (C=O) groups excluding carboxylic acids is 1. The van der Waals surface area contributed by atoms with Crippen LogP contribution in [0.4, 0.5) is 10.1 Å². The molecule has 4 heteroatoms. The summed E-state index contributed by atoms with van der Waals surface area (Å²) in [6, 6.07) is 9.24. The average Bonchev–Trinajstić information content (AvgIpc) is 2.30. The lowest BCUT2D eigenvalue weighted by atomic mass is 10.3. The van der Waals surface area contributed by atoms with E-state index < -0.39 is 0 Å². The quantitative estimate of drug-likeness (QED) is 0.767. The second-order valence-corrected chi connectivity index (χ2v) is 3.71. The molecule has 1 aromatic carbocycles. The maximum Gasteiger partial charge on any atom is 0.248 e. The third-order valence-electron chi connectivity index (χ3n) is 2.19. The van der Waals surface area contributed by atoms with Gasteiger partial charge in [-0.2, -0.15) is 0 Å². The van der Waals surface area contributed by atoms with Crippen molar-refractivity contribution < 1.29 is 9.18 Å². The molecule has 0 saturated carbocycles. The van der Waals surface area contributed by atoms with Gasteiger partial charge in [0.25, 0.3) is 0 Å². The third-order valence-corrected chi connectivity index (χ3v) is 2.19. The van der Waals surface area contributed by atoms with Crippen LogP contribution in [-0.4, -0.2) is 37.6 Å². The van der Waals surface area contributed by atoms with E-state index in [9.17, 15) is 9.18 Å². The van der Waals surface area contributed by atoms with Crippen molar-refractivity contribution in [3.05, 3.63) is 42.5 Å². The summed E-state index contributed by atoms with van der Waals surface area (Å²) in [5.41, 5.74) is 0.763. The molecule has 0 bridgehead atoms. The first-order chi connectivity index (χ1) is 8.22. The van der Waals surface area contributed by atoms with Crippen molar-refractivity contribution in [1.82, 2.24) is 4.90 Å². The summed E-state index contributed by atoms with van der Waals surface area (Å²) in [5, 5.41) is 2.73. The zero-order valence-corrected chi connectivity index (χ0v) is 9.90. The summed E-state index contributed by atoms with van der Waals surface area (Å²) >= 11 is 0. The van der Waals surface area contributed by atoms with E-state index in [2.05, 4.69) is 5.32 Å². The molecule has 92 valence electrons. The van der Waals surface area contributed by atoms with E-state index in [1.807, 2.05) is 30.3 Å². The second-order valence-electron chi connectivity index (χ2n) is 3.71. The molecule has 0 aliphatic heterocycles. The Hall–Kier alpha value is -1.68. The lowest BCUT2D eigenvalue weighted by molar-refractivity contribution is -0.111. The van der Waals surface area contributed by atoms with E-state index >= 15 is 0 Å². The van der Waals surface area contributed by atoms with Gasteiger partial charge in [-0.25, -0.2) is 4.39 Å². The summed E-state index contributed by atoms with van der Waals surface area (Å²) in [4.78, 5) is 13.3. The fraction of sp³-hybridized carbons (Fsp3) is 0.308. The van der Waals surface area contributed by atoms with Crippen LogP contribution in [0.5, 0.6) is 0 Å². The number of hydrogen-bond donors (Lipinski definition) is 1. The Balaban J connectivity index is 2.32. The molecule has 0 aliphatic carbocycles. The van der Waals surface area contributed by atoms with Crippen LogP contribution in [0.15, 0.2) is 42.5 Å². The van der Waals surface area contributed by atoms with E-state index in [1.54, 1.807) is 18.0 Å². The van der Waals surface area contributed by atoms with Crippen LogP contribution in [0.3, 0.4) is 0 Å². The van der Waals surface area contributed by atoms with Crippen molar-refractivity contribution in [2.45, 2.75) is 0 Å². The van der Waals surface area contributed by atoms with Gasteiger partial charge in [0, 0.05) is 24.9 Å². The predicted octanol–water partition coefficient (Wildman–Crippen LogP) is 2.08. The van der Waals surface area contributed by atoms with Crippen LogP contribution < -0.4 is 5.32 Å². The first kappa shape index (κ1) is 13.4. The van der Waals surface area contributed by atoms with E-state index in [0.717, 1.165) is 5.69 Å².